The van der Waals surface area contributed by atoms with Crippen molar-refractivity contribution in [3.63, 3.8) is 0 Å². The maximum absolute atomic E-state index is 12.3. The van der Waals surface area contributed by atoms with Crippen molar-refractivity contribution in [2.75, 3.05) is 6.61 Å². The van der Waals surface area contributed by atoms with Crippen LogP contribution in [0.3, 0.4) is 0 Å². The van der Waals surface area contributed by atoms with E-state index in [0.717, 1.165) is 0 Å². The van der Waals surface area contributed by atoms with Gasteiger partial charge in [-0.1, -0.05) is 6.07 Å². The van der Waals surface area contributed by atoms with Gasteiger partial charge in [0.25, 0.3) is 0 Å². The van der Waals surface area contributed by atoms with Crippen LogP contribution in [0.1, 0.15) is 0 Å². The fourth-order valence-corrected chi connectivity index (χ4v) is 0.666. The van der Waals surface area contributed by atoms with Gasteiger partial charge < -0.3 is 4.74 Å². The SMILES string of the molecule is FC(F)C(F)(F)COc1ccccn1. The van der Waals surface area contributed by atoms with Gasteiger partial charge in [0, 0.05) is 12.3 Å². The fourth-order valence-electron chi connectivity index (χ4n) is 0.666. The molecule has 0 radical (unpaired) electrons. The normalized spacial score (nSPS) is 11.8. The Morgan fingerprint density at radius 1 is 1.36 bits per heavy atom. The molecule has 0 saturated heterocycles. The van der Waals surface area contributed by atoms with Crippen molar-refractivity contribution < 1.29 is 22.3 Å². The second-order valence-corrected chi connectivity index (χ2v) is 2.52. The molecule has 0 amide bonds. The molecule has 0 atom stereocenters. The molecule has 1 rings (SSSR count). The van der Waals surface area contributed by atoms with E-state index in [-0.39, 0.29) is 5.88 Å². The van der Waals surface area contributed by atoms with Gasteiger partial charge in [-0.05, 0) is 6.07 Å². The zero-order valence-electron chi connectivity index (χ0n) is 6.96. The molecule has 78 valence electrons. The Labute approximate surface area is 77.5 Å². The number of aromatic nitrogens is 1. The van der Waals surface area contributed by atoms with E-state index in [1.54, 1.807) is 6.07 Å². The van der Waals surface area contributed by atoms with Crippen molar-refractivity contribution in [1.29, 1.82) is 0 Å². The van der Waals surface area contributed by atoms with Crippen LogP contribution in [-0.4, -0.2) is 23.9 Å². The molecule has 0 aromatic carbocycles. The second kappa shape index (κ2) is 4.26. The molecule has 0 spiro atoms. The Kier molecular flexibility index (Phi) is 3.27. The Morgan fingerprint density at radius 3 is 2.57 bits per heavy atom. The fraction of sp³-hybridized carbons (Fsp3) is 0.375. The van der Waals surface area contributed by atoms with E-state index in [1.807, 2.05) is 0 Å². The first-order valence-corrected chi connectivity index (χ1v) is 3.72. The number of hydrogen-bond acceptors (Lipinski definition) is 2. The van der Waals surface area contributed by atoms with Gasteiger partial charge in [0.1, 0.15) is 0 Å². The van der Waals surface area contributed by atoms with E-state index in [2.05, 4.69) is 9.72 Å². The lowest BCUT2D eigenvalue weighted by Crippen LogP contribution is -2.33. The highest BCUT2D eigenvalue weighted by Crippen LogP contribution is 2.23. The van der Waals surface area contributed by atoms with Crippen LogP contribution in [-0.2, 0) is 0 Å². The number of ether oxygens (including phenoxy) is 1. The van der Waals surface area contributed by atoms with E-state index in [9.17, 15) is 17.6 Å². The van der Waals surface area contributed by atoms with Gasteiger partial charge in [0.05, 0.1) is 0 Å². The molecule has 1 heterocycles. The lowest BCUT2D eigenvalue weighted by atomic mass is 10.4. The van der Waals surface area contributed by atoms with Crippen molar-refractivity contribution in [2.45, 2.75) is 12.3 Å². The summed E-state index contributed by atoms with van der Waals surface area (Å²) >= 11 is 0. The third kappa shape index (κ3) is 2.86. The number of halogens is 4. The van der Waals surface area contributed by atoms with Crippen molar-refractivity contribution in [2.24, 2.45) is 0 Å². The van der Waals surface area contributed by atoms with Crippen LogP contribution in [0.5, 0.6) is 5.88 Å². The third-order valence-corrected chi connectivity index (χ3v) is 1.37. The van der Waals surface area contributed by atoms with Gasteiger partial charge in [-0.3, -0.25) is 0 Å². The van der Waals surface area contributed by atoms with Crippen LogP contribution in [0, 0.1) is 0 Å². The molecule has 14 heavy (non-hydrogen) atoms. The second-order valence-electron chi connectivity index (χ2n) is 2.52. The third-order valence-electron chi connectivity index (χ3n) is 1.37. The zero-order valence-corrected chi connectivity index (χ0v) is 6.96. The molecule has 0 saturated carbocycles. The van der Waals surface area contributed by atoms with Crippen molar-refractivity contribution in [1.82, 2.24) is 4.98 Å². The Balaban J connectivity index is 2.49. The van der Waals surface area contributed by atoms with E-state index in [1.165, 1.54) is 18.3 Å². The van der Waals surface area contributed by atoms with E-state index >= 15 is 0 Å². The first-order chi connectivity index (χ1) is 6.52. The molecule has 0 aliphatic rings. The summed E-state index contributed by atoms with van der Waals surface area (Å²) in [4.78, 5) is 3.54. The Hall–Kier alpha value is -1.33. The molecule has 0 aliphatic carbocycles. The van der Waals surface area contributed by atoms with Gasteiger partial charge in [-0.2, -0.15) is 8.78 Å². The molecule has 0 bridgehead atoms. The van der Waals surface area contributed by atoms with Crippen LogP contribution >= 0.6 is 0 Å². The highest BCUT2D eigenvalue weighted by Gasteiger charge is 2.41. The summed E-state index contributed by atoms with van der Waals surface area (Å²) in [6, 6.07) is 4.36. The average Bonchev–Trinajstić information content (AvgIpc) is 2.16. The van der Waals surface area contributed by atoms with E-state index < -0.39 is 19.0 Å². The summed E-state index contributed by atoms with van der Waals surface area (Å²) in [5, 5.41) is 0. The van der Waals surface area contributed by atoms with E-state index in [0.29, 0.717) is 0 Å². The summed E-state index contributed by atoms with van der Waals surface area (Å²) in [5.74, 6) is -4.25. The maximum Gasteiger partial charge on any atom is 0.340 e. The maximum atomic E-state index is 12.3. The van der Waals surface area contributed by atoms with Gasteiger partial charge in [0.2, 0.25) is 5.88 Å². The van der Waals surface area contributed by atoms with Gasteiger partial charge in [-0.15, -0.1) is 0 Å². The standard InChI is InChI=1S/C8H7F4NO/c9-7(10)8(11,12)5-14-6-3-1-2-4-13-6/h1-4,7H,5H2. The van der Waals surface area contributed by atoms with Crippen molar-refractivity contribution in [3.05, 3.63) is 24.4 Å². The summed E-state index contributed by atoms with van der Waals surface area (Å²) in [6.07, 6.45) is -2.42. The first-order valence-electron chi connectivity index (χ1n) is 3.72. The van der Waals surface area contributed by atoms with Crippen LogP contribution in [0.15, 0.2) is 24.4 Å². The highest BCUT2D eigenvalue weighted by molar-refractivity contribution is 5.09. The molecule has 0 fully saturated rings. The van der Waals surface area contributed by atoms with Crippen LogP contribution in [0.25, 0.3) is 0 Å². The number of pyridine rings is 1. The average molecular weight is 209 g/mol. The molecule has 0 N–H and O–H groups in total. The minimum absolute atomic E-state index is 0.104. The molecule has 6 heteroatoms. The number of alkyl halides is 4. The topological polar surface area (TPSA) is 22.1 Å². The van der Waals surface area contributed by atoms with Gasteiger partial charge in [-0.25, -0.2) is 13.8 Å². The summed E-state index contributed by atoms with van der Waals surface area (Å²) < 4.78 is 52.4. The summed E-state index contributed by atoms with van der Waals surface area (Å²) in [6.45, 7) is -1.37. The molecule has 1 aromatic heterocycles. The molecule has 1 aromatic rings. The minimum Gasteiger partial charge on any atom is -0.471 e. The van der Waals surface area contributed by atoms with Gasteiger partial charge >= 0.3 is 12.3 Å². The van der Waals surface area contributed by atoms with Gasteiger partial charge in [0.15, 0.2) is 6.61 Å². The van der Waals surface area contributed by atoms with Crippen LogP contribution in [0.4, 0.5) is 17.6 Å². The predicted octanol–water partition coefficient (Wildman–Crippen LogP) is 2.36. The number of nitrogens with zero attached hydrogens (tertiary/aromatic N) is 1. The first kappa shape index (κ1) is 10.7. The molecular formula is C8H7F4NO. The highest BCUT2D eigenvalue weighted by atomic mass is 19.3. The molecule has 0 aliphatic heterocycles. The van der Waals surface area contributed by atoms with Crippen LogP contribution in [0.2, 0.25) is 0 Å². The predicted molar refractivity (Wildman–Crippen MR) is 40.7 cm³/mol. The molecular weight excluding hydrogens is 202 g/mol. The van der Waals surface area contributed by atoms with Crippen molar-refractivity contribution in [3.8, 4) is 5.88 Å². The zero-order chi connectivity index (χ0) is 10.6. The number of rotatable bonds is 4. The molecule has 0 unspecified atom stereocenters. The molecule has 2 nitrogen and oxygen atoms in total. The smallest absolute Gasteiger partial charge is 0.340 e. The summed E-state index contributed by atoms with van der Waals surface area (Å²) in [5.41, 5.74) is 0. The summed E-state index contributed by atoms with van der Waals surface area (Å²) in [7, 11) is 0. The van der Waals surface area contributed by atoms with E-state index in [4.69, 9.17) is 0 Å². The largest absolute Gasteiger partial charge is 0.471 e. The lowest BCUT2D eigenvalue weighted by molar-refractivity contribution is -0.148. The monoisotopic (exact) mass is 209 g/mol. The quantitative estimate of drug-likeness (QED) is 0.710. The van der Waals surface area contributed by atoms with Crippen molar-refractivity contribution >= 4 is 0 Å². The Morgan fingerprint density at radius 2 is 2.07 bits per heavy atom. The number of hydrogen-bond donors (Lipinski definition) is 0. The Bertz CT molecular complexity index is 278. The minimum atomic E-state index is -4.14. The van der Waals surface area contributed by atoms with Crippen LogP contribution < -0.4 is 4.74 Å². The lowest BCUT2D eigenvalue weighted by Gasteiger charge is -2.14.